The van der Waals surface area contributed by atoms with Gasteiger partial charge in [0.05, 0.1) is 6.04 Å². The van der Waals surface area contributed by atoms with Gasteiger partial charge >= 0.3 is 0 Å². The van der Waals surface area contributed by atoms with Gasteiger partial charge in [-0.05, 0) is 24.7 Å². The molecule has 2 heterocycles. The quantitative estimate of drug-likeness (QED) is 0.868. The van der Waals surface area contributed by atoms with Gasteiger partial charge < -0.3 is 10.6 Å². The molecular formula is C14H25N5O. The Hall–Kier alpha value is -1.43. The SMILES string of the molecule is CCC(C)C(N)C(=O)N1CCCC(Cn2cncn2)C1. The molecule has 3 atom stereocenters. The molecule has 3 unspecified atom stereocenters. The number of piperidine rings is 1. The van der Waals surface area contributed by atoms with Gasteiger partial charge in [-0.15, -0.1) is 0 Å². The molecule has 1 saturated heterocycles. The summed E-state index contributed by atoms with van der Waals surface area (Å²) < 4.78 is 1.84. The third-order valence-corrected chi connectivity index (χ3v) is 4.28. The van der Waals surface area contributed by atoms with Crippen LogP contribution in [0.15, 0.2) is 12.7 Å². The molecule has 1 fully saturated rings. The summed E-state index contributed by atoms with van der Waals surface area (Å²) in [5.74, 6) is 0.777. The van der Waals surface area contributed by atoms with Crippen molar-refractivity contribution < 1.29 is 4.79 Å². The number of aromatic nitrogens is 3. The third-order valence-electron chi connectivity index (χ3n) is 4.28. The smallest absolute Gasteiger partial charge is 0.239 e. The van der Waals surface area contributed by atoms with Gasteiger partial charge in [0.1, 0.15) is 12.7 Å². The maximum atomic E-state index is 12.4. The minimum Gasteiger partial charge on any atom is -0.341 e. The first-order valence-electron chi connectivity index (χ1n) is 7.48. The molecule has 1 aromatic rings. The second kappa shape index (κ2) is 6.83. The molecule has 2 N–H and O–H groups in total. The predicted molar refractivity (Wildman–Crippen MR) is 76.8 cm³/mol. The Kier molecular flexibility index (Phi) is 5.11. The Balaban J connectivity index is 1.91. The maximum absolute atomic E-state index is 12.4. The van der Waals surface area contributed by atoms with E-state index in [2.05, 4.69) is 17.0 Å². The van der Waals surface area contributed by atoms with Crippen molar-refractivity contribution >= 4 is 5.91 Å². The first kappa shape index (κ1) is 15.0. The lowest BCUT2D eigenvalue weighted by atomic mass is 9.94. The molecule has 0 saturated carbocycles. The van der Waals surface area contributed by atoms with Gasteiger partial charge in [-0.25, -0.2) is 4.98 Å². The van der Waals surface area contributed by atoms with E-state index in [-0.39, 0.29) is 17.9 Å². The highest BCUT2D eigenvalue weighted by molar-refractivity contribution is 5.82. The van der Waals surface area contributed by atoms with Crippen molar-refractivity contribution in [2.45, 2.75) is 45.7 Å². The van der Waals surface area contributed by atoms with Crippen molar-refractivity contribution in [3.05, 3.63) is 12.7 Å². The Labute approximate surface area is 120 Å². The summed E-state index contributed by atoms with van der Waals surface area (Å²) in [5, 5.41) is 4.13. The molecule has 20 heavy (non-hydrogen) atoms. The molecule has 0 aliphatic carbocycles. The van der Waals surface area contributed by atoms with E-state index in [9.17, 15) is 4.79 Å². The average molecular weight is 279 g/mol. The predicted octanol–water partition coefficient (Wildman–Crippen LogP) is 0.890. The fourth-order valence-corrected chi connectivity index (χ4v) is 2.71. The van der Waals surface area contributed by atoms with E-state index < -0.39 is 0 Å². The van der Waals surface area contributed by atoms with Gasteiger partial charge in [0.25, 0.3) is 0 Å². The summed E-state index contributed by atoms with van der Waals surface area (Å²) in [7, 11) is 0. The monoisotopic (exact) mass is 279 g/mol. The summed E-state index contributed by atoms with van der Waals surface area (Å²) in [6, 6.07) is -0.370. The van der Waals surface area contributed by atoms with Crippen molar-refractivity contribution in [2.75, 3.05) is 13.1 Å². The first-order chi connectivity index (χ1) is 9.61. The van der Waals surface area contributed by atoms with Crippen LogP contribution in [0.1, 0.15) is 33.1 Å². The van der Waals surface area contributed by atoms with Crippen LogP contribution >= 0.6 is 0 Å². The van der Waals surface area contributed by atoms with Gasteiger partial charge in [-0.2, -0.15) is 5.10 Å². The molecule has 1 aromatic heterocycles. The maximum Gasteiger partial charge on any atom is 0.239 e. The molecule has 0 aromatic carbocycles. The minimum atomic E-state index is -0.370. The van der Waals surface area contributed by atoms with E-state index in [1.54, 1.807) is 12.7 Å². The first-order valence-corrected chi connectivity index (χ1v) is 7.48. The summed E-state index contributed by atoms with van der Waals surface area (Å²) in [4.78, 5) is 18.3. The fraction of sp³-hybridized carbons (Fsp3) is 0.786. The molecular weight excluding hydrogens is 254 g/mol. The molecule has 1 amide bonds. The average Bonchev–Trinajstić information content (AvgIpc) is 2.98. The molecule has 0 radical (unpaired) electrons. The Morgan fingerprint density at radius 2 is 2.35 bits per heavy atom. The van der Waals surface area contributed by atoms with E-state index in [0.717, 1.165) is 38.9 Å². The lowest BCUT2D eigenvalue weighted by Crippen LogP contribution is -2.50. The van der Waals surface area contributed by atoms with Crippen molar-refractivity contribution in [1.82, 2.24) is 19.7 Å². The highest BCUT2D eigenvalue weighted by Crippen LogP contribution is 2.20. The van der Waals surface area contributed by atoms with E-state index in [4.69, 9.17) is 5.73 Å². The largest absolute Gasteiger partial charge is 0.341 e. The lowest BCUT2D eigenvalue weighted by Gasteiger charge is -2.35. The second-order valence-electron chi connectivity index (χ2n) is 5.82. The number of amides is 1. The number of carbonyl (C=O) groups excluding carboxylic acids is 1. The molecule has 2 rings (SSSR count). The van der Waals surface area contributed by atoms with Crippen molar-refractivity contribution in [3.8, 4) is 0 Å². The number of likely N-dealkylation sites (tertiary alicyclic amines) is 1. The summed E-state index contributed by atoms with van der Waals surface area (Å²) >= 11 is 0. The highest BCUT2D eigenvalue weighted by atomic mass is 16.2. The third kappa shape index (κ3) is 3.56. The van der Waals surface area contributed by atoms with E-state index >= 15 is 0 Å². The van der Waals surface area contributed by atoms with E-state index in [1.807, 2.05) is 16.5 Å². The van der Waals surface area contributed by atoms with Crippen LogP contribution in [-0.2, 0) is 11.3 Å². The summed E-state index contributed by atoms with van der Waals surface area (Å²) in [6.07, 6.45) is 6.37. The number of nitrogens with two attached hydrogens (primary N) is 1. The Morgan fingerprint density at radius 3 is 3.00 bits per heavy atom. The highest BCUT2D eigenvalue weighted by Gasteiger charge is 2.29. The van der Waals surface area contributed by atoms with Crippen LogP contribution in [-0.4, -0.2) is 44.7 Å². The van der Waals surface area contributed by atoms with Crippen molar-refractivity contribution in [3.63, 3.8) is 0 Å². The van der Waals surface area contributed by atoms with Crippen LogP contribution in [0.2, 0.25) is 0 Å². The van der Waals surface area contributed by atoms with Gasteiger partial charge in [-0.1, -0.05) is 20.3 Å². The molecule has 6 nitrogen and oxygen atoms in total. The summed E-state index contributed by atoms with van der Waals surface area (Å²) in [5.41, 5.74) is 6.06. The van der Waals surface area contributed by atoms with Crippen LogP contribution < -0.4 is 5.73 Å². The number of hydrogen-bond acceptors (Lipinski definition) is 4. The van der Waals surface area contributed by atoms with Crippen LogP contribution in [0.3, 0.4) is 0 Å². The molecule has 1 aliphatic heterocycles. The Bertz CT molecular complexity index is 419. The zero-order valence-electron chi connectivity index (χ0n) is 12.4. The molecule has 6 heteroatoms. The van der Waals surface area contributed by atoms with Crippen molar-refractivity contribution in [1.29, 1.82) is 0 Å². The van der Waals surface area contributed by atoms with E-state index in [0.29, 0.717) is 5.92 Å². The number of nitrogens with zero attached hydrogens (tertiary/aromatic N) is 4. The molecule has 1 aliphatic rings. The van der Waals surface area contributed by atoms with E-state index in [1.165, 1.54) is 0 Å². The lowest BCUT2D eigenvalue weighted by molar-refractivity contribution is -0.135. The topological polar surface area (TPSA) is 77.0 Å². The van der Waals surface area contributed by atoms with Gasteiger partial charge in [0.2, 0.25) is 5.91 Å². The minimum absolute atomic E-state index is 0.0997. The van der Waals surface area contributed by atoms with Crippen LogP contribution in [0.5, 0.6) is 0 Å². The van der Waals surface area contributed by atoms with Crippen molar-refractivity contribution in [2.24, 2.45) is 17.6 Å². The second-order valence-corrected chi connectivity index (χ2v) is 5.82. The van der Waals surface area contributed by atoms with Gasteiger partial charge in [0.15, 0.2) is 0 Å². The standard InChI is InChI=1S/C14H25N5O/c1-3-11(2)13(15)14(20)18-6-4-5-12(7-18)8-19-10-16-9-17-19/h9-13H,3-8,15H2,1-2H3. The number of rotatable bonds is 5. The zero-order valence-corrected chi connectivity index (χ0v) is 12.4. The molecule has 0 spiro atoms. The van der Waals surface area contributed by atoms with Gasteiger partial charge in [-0.3, -0.25) is 9.48 Å². The number of carbonyl (C=O) groups is 1. The summed E-state index contributed by atoms with van der Waals surface area (Å²) in [6.45, 7) is 6.54. The Morgan fingerprint density at radius 1 is 1.55 bits per heavy atom. The number of hydrogen-bond donors (Lipinski definition) is 1. The van der Waals surface area contributed by atoms with Gasteiger partial charge in [0, 0.05) is 19.6 Å². The molecule has 0 bridgehead atoms. The zero-order chi connectivity index (χ0) is 14.5. The normalized spacial score (nSPS) is 22.6. The van der Waals surface area contributed by atoms with Crippen LogP contribution in [0.4, 0.5) is 0 Å². The fourth-order valence-electron chi connectivity index (χ4n) is 2.71. The van der Waals surface area contributed by atoms with Crippen LogP contribution in [0, 0.1) is 11.8 Å². The molecule has 112 valence electrons. The van der Waals surface area contributed by atoms with Crippen LogP contribution in [0.25, 0.3) is 0 Å².